The van der Waals surface area contributed by atoms with E-state index in [2.05, 4.69) is 15.3 Å². The van der Waals surface area contributed by atoms with Gasteiger partial charge in [-0.05, 0) is 36.0 Å². The molecular formula is C14H14F2N4OS. The van der Waals surface area contributed by atoms with Gasteiger partial charge in [0, 0.05) is 20.3 Å². The maximum atomic E-state index is 12.5. The SMILES string of the molecule is CN(C)c1ccc(NC(=O)c2cccnc2SC(F)F)cn1. The number of amides is 1. The summed E-state index contributed by atoms with van der Waals surface area (Å²) in [5.41, 5.74) is 0.580. The first-order valence-corrected chi connectivity index (χ1v) is 7.20. The second kappa shape index (κ2) is 7.17. The summed E-state index contributed by atoms with van der Waals surface area (Å²) in [4.78, 5) is 22.0. The highest BCUT2D eigenvalue weighted by Crippen LogP contribution is 2.26. The molecule has 0 atom stereocenters. The number of pyridine rings is 2. The maximum absolute atomic E-state index is 12.5. The van der Waals surface area contributed by atoms with Crippen molar-refractivity contribution in [2.24, 2.45) is 0 Å². The molecule has 8 heteroatoms. The Morgan fingerprint density at radius 1 is 1.27 bits per heavy atom. The maximum Gasteiger partial charge on any atom is 0.290 e. The lowest BCUT2D eigenvalue weighted by Crippen LogP contribution is -2.15. The predicted molar refractivity (Wildman–Crippen MR) is 82.6 cm³/mol. The number of hydrogen-bond acceptors (Lipinski definition) is 5. The van der Waals surface area contributed by atoms with Crippen LogP contribution in [-0.2, 0) is 0 Å². The topological polar surface area (TPSA) is 58.1 Å². The molecule has 2 aromatic heterocycles. The summed E-state index contributed by atoms with van der Waals surface area (Å²) in [5, 5.41) is 2.61. The van der Waals surface area contributed by atoms with Crippen LogP contribution in [0.15, 0.2) is 41.7 Å². The molecule has 0 aliphatic heterocycles. The van der Waals surface area contributed by atoms with Crippen LogP contribution in [0.1, 0.15) is 10.4 Å². The van der Waals surface area contributed by atoms with Crippen molar-refractivity contribution in [3.8, 4) is 0 Å². The van der Waals surface area contributed by atoms with E-state index in [0.717, 1.165) is 5.82 Å². The normalized spacial score (nSPS) is 10.6. The summed E-state index contributed by atoms with van der Waals surface area (Å²) in [6.07, 6.45) is 2.87. The zero-order valence-corrected chi connectivity index (χ0v) is 12.8. The molecule has 2 aromatic rings. The van der Waals surface area contributed by atoms with Gasteiger partial charge in [0.2, 0.25) is 0 Å². The highest BCUT2D eigenvalue weighted by Gasteiger charge is 2.16. The van der Waals surface area contributed by atoms with Gasteiger partial charge in [0.25, 0.3) is 11.7 Å². The van der Waals surface area contributed by atoms with Gasteiger partial charge in [0.1, 0.15) is 10.8 Å². The highest BCUT2D eigenvalue weighted by atomic mass is 32.2. The van der Waals surface area contributed by atoms with Gasteiger partial charge in [-0.15, -0.1) is 0 Å². The molecule has 0 bridgehead atoms. The van der Waals surface area contributed by atoms with Crippen molar-refractivity contribution in [2.75, 3.05) is 24.3 Å². The molecule has 2 heterocycles. The molecule has 5 nitrogen and oxygen atoms in total. The first-order valence-electron chi connectivity index (χ1n) is 6.32. The summed E-state index contributed by atoms with van der Waals surface area (Å²) >= 11 is 0.243. The molecule has 0 saturated carbocycles. The third-order valence-corrected chi connectivity index (χ3v) is 3.41. The average Bonchev–Trinajstić information content (AvgIpc) is 2.47. The summed E-state index contributed by atoms with van der Waals surface area (Å²) in [6.45, 7) is 0. The van der Waals surface area contributed by atoms with Crippen LogP contribution in [0.4, 0.5) is 20.3 Å². The summed E-state index contributed by atoms with van der Waals surface area (Å²) in [6, 6.07) is 6.41. The second-order valence-electron chi connectivity index (χ2n) is 4.49. The number of nitrogens with zero attached hydrogens (tertiary/aromatic N) is 3. The minimum Gasteiger partial charge on any atom is -0.363 e. The van der Waals surface area contributed by atoms with Crippen LogP contribution in [0, 0.1) is 0 Å². The molecule has 0 unspecified atom stereocenters. The lowest BCUT2D eigenvalue weighted by atomic mass is 10.2. The number of carbonyl (C=O) groups excluding carboxylic acids is 1. The molecule has 22 heavy (non-hydrogen) atoms. The summed E-state index contributed by atoms with van der Waals surface area (Å²) in [7, 11) is 3.70. The first-order chi connectivity index (χ1) is 10.5. The van der Waals surface area contributed by atoms with E-state index in [0.29, 0.717) is 5.69 Å². The lowest BCUT2D eigenvalue weighted by Gasteiger charge is -2.12. The van der Waals surface area contributed by atoms with Gasteiger partial charge in [-0.2, -0.15) is 8.78 Å². The van der Waals surface area contributed by atoms with E-state index in [1.807, 2.05) is 19.0 Å². The summed E-state index contributed by atoms with van der Waals surface area (Å²) in [5.74, 6) is -2.40. The van der Waals surface area contributed by atoms with Crippen molar-refractivity contribution in [1.82, 2.24) is 9.97 Å². The smallest absolute Gasteiger partial charge is 0.290 e. The van der Waals surface area contributed by atoms with Crippen LogP contribution >= 0.6 is 11.8 Å². The first kappa shape index (κ1) is 16.2. The van der Waals surface area contributed by atoms with Crippen LogP contribution in [0.5, 0.6) is 0 Å². The molecule has 116 valence electrons. The van der Waals surface area contributed by atoms with Gasteiger partial charge in [-0.25, -0.2) is 9.97 Å². The van der Waals surface area contributed by atoms with Crippen LogP contribution in [0.25, 0.3) is 0 Å². The number of halogens is 2. The van der Waals surface area contributed by atoms with Crippen molar-refractivity contribution in [3.05, 3.63) is 42.2 Å². The number of nitrogens with one attached hydrogen (secondary N) is 1. The highest BCUT2D eigenvalue weighted by molar-refractivity contribution is 7.99. The van der Waals surface area contributed by atoms with Gasteiger partial charge in [-0.1, -0.05) is 0 Å². The molecule has 0 radical (unpaired) electrons. The van der Waals surface area contributed by atoms with Crippen LogP contribution in [0.3, 0.4) is 0 Å². The minimum atomic E-state index is -2.64. The molecule has 0 aliphatic rings. The Morgan fingerprint density at radius 3 is 2.64 bits per heavy atom. The van der Waals surface area contributed by atoms with E-state index < -0.39 is 11.7 Å². The Kier molecular flexibility index (Phi) is 5.26. The Labute approximate surface area is 130 Å². The third-order valence-electron chi connectivity index (χ3n) is 2.68. The molecule has 1 amide bonds. The Morgan fingerprint density at radius 2 is 2.05 bits per heavy atom. The molecule has 0 aliphatic carbocycles. The average molecular weight is 324 g/mol. The van der Waals surface area contributed by atoms with Gasteiger partial charge in [0.15, 0.2) is 0 Å². The van der Waals surface area contributed by atoms with Gasteiger partial charge in [0.05, 0.1) is 17.4 Å². The number of hydrogen-bond donors (Lipinski definition) is 1. The van der Waals surface area contributed by atoms with Crippen LogP contribution in [-0.4, -0.2) is 35.7 Å². The molecule has 1 N–H and O–H groups in total. The number of anilines is 2. The van der Waals surface area contributed by atoms with Crippen molar-refractivity contribution in [1.29, 1.82) is 0 Å². The third kappa shape index (κ3) is 4.14. The molecular weight excluding hydrogens is 310 g/mol. The monoisotopic (exact) mass is 324 g/mol. The number of alkyl halides is 2. The van der Waals surface area contributed by atoms with E-state index in [4.69, 9.17) is 0 Å². The van der Waals surface area contributed by atoms with Crippen molar-refractivity contribution >= 4 is 29.2 Å². The Bertz CT molecular complexity index is 650. The summed E-state index contributed by atoms with van der Waals surface area (Å²) < 4.78 is 25.0. The fourth-order valence-electron chi connectivity index (χ4n) is 1.66. The number of carbonyl (C=O) groups is 1. The second-order valence-corrected chi connectivity index (χ2v) is 5.47. The van der Waals surface area contributed by atoms with Gasteiger partial charge in [-0.3, -0.25) is 4.79 Å². The van der Waals surface area contributed by atoms with E-state index >= 15 is 0 Å². The minimum absolute atomic E-state index is 0.00660. The van der Waals surface area contributed by atoms with Crippen LogP contribution < -0.4 is 10.2 Å². The zero-order valence-electron chi connectivity index (χ0n) is 12.0. The largest absolute Gasteiger partial charge is 0.363 e. The number of thioether (sulfide) groups is 1. The Balaban J connectivity index is 2.15. The van der Waals surface area contributed by atoms with E-state index in [1.165, 1.54) is 24.5 Å². The standard InChI is InChI=1S/C14H14F2N4OS/c1-20(2)11-6-5-9(8-18-11)19-12(21)10-4-3-7-17-13(10)22-14(15)16/h3-8,14H,1-2H3,(H,19,21). The molecule has 0 spiro atoms. The van der Waals surface area contributed by atoms with Crippen LogP contribution in [0.2, 0.25) is 0 Å². The van der Waals surface area contributed by atoms with Crippen molar-refractivity contribution in [2.45, 2.75) is 10.8 Å². The molecule has 0 aromatic carbocycles. The fraction of sp³-hybridized carbons (Fsp3) is 0.214. The van der Waals surface area contributed by atoms with Crippen molar-refractivity contribution in [3.63, 3.8) is 0 Å². The van der Waals surface area contributed by atoms with Gasteiger partial charge >= 0.3 is 0 Å². The number of rotatable bonds is 5. The quantitative estimate of drug-likeness (QED) is 0.857. The lowest BCUT2D eigenvalue weighted by molar-refractivity contribution is 0.102. The molecule has 2 rings (SSSR count). The van der Waals surface area contributed by atoms with Crippen molar-refractivity contribution < 1.29 is 13.6 Å². The number of aromatic nitrogens is 2. The molecule has 0 saturated heterocycles. The van der Waals surface area contributed by atoms with Gasteiger partial charge < -0.3 is 10.2 Å². The Hall–Kier alpha value is -2.22. The van der Waals surface area contributed by atoms with E-state index in [1.54, 1.807) is 12.1 Å². The van der Waals surface area contributed by atoms with E-state index in [9.17, 15) is 13.6 Å². The molecule has 0 fully saturated rings. The zero-order chi connectivity index (χ0) is 16.1. The predicted octanol–water partition coefficient (Wildman–Crippen LogP) is 3.11. The van der Waals surface area contributed by atoms with E-state index in [-0.39, 0.29) is 22.4 Å². The fourth-order valence-corrected chi connectivity index (χ4v) is 2.24.